The molecule has 1 heterocycles. The Morgan fingerprint density at radius 1 is 1.50 bits per heavy atom. The zero-order valence-corrected chi connectivity index (χ0v) is 8.74. The van der Waals surface area contributed by atoms with Gasteiger partial charge in [-0.3, -0.25) is 0 Å². The van der Waals surface area contributed by atoms with Gasteiger partial charge < -0.3 is 9.47 Å². The highest BCUT2D eigenvalue weighted by Crippen LogP contribution is 2.09. The Bertz CT molecular complexity index is 274. The number of carbonyl (C=O) groups is 1. The summed E-state index contributed by atoms with van der Waals surface area (Å²) in [7, 11) is 0. The van der Waals surface area contributed by atoms with Gasteiger partial charge in [0.05, 0.1) is 0 Å². The van der Waals surface area contributed by atoms with Crippen molar-refractivity contribution >= 4 is 12.0 Å². The van der Waals surface area contributed by atoms with Crippen LogP contribution in [0.15, 0.2) is 17.1 Å². The third kappa shape index (κ3) is 4.07. The molecule has 0 bridgehead atoms. The van der Waals surface area contributed by atoms with E-state index in [1.807, 2.05) is 12.2 Å². The first-order chi connectivity index (χ1) is 6.47. The molecule has 0 saturated heterocycles. The van der Waals surface area contributed by atoms with Crippen molar-refractivity contribution < 1.29 is 14.3 Å². The minimum Gasteiger partial charge on any atom is -0.476 e. The summed E-state index contributed by atoms with van der Waals surface area (Å²) < 4.78 is 10.1. The van der Waals surface area contributed by atoms with Gasteiger partial charge in [-0.25, -0.2) is 4.79 Å². The summed E-state index contributed by atoms with van der Waals surface area (Å²) in [6, 6.07) is 0. The fraction of sp³-hybridized carbons (Fsp3) is 0.600. The van der Waals surface area contributed by atoms with Crippen LogP contribution >= 0.6 is 0 Å². The van der Waals surface area contributed by atoms with E-state index in [4.69, 9.17) is 9.47 Å². The Balaban J connectivity index is 2.50. The lowest BCUT2D eigenvalue weighted by molar-refractivity contribution is 0.0599. The Hall–Kier alpha value is -1.32. The highest BCUT2D eigenvalue weighted by Gasteiger charge is 2.16. The first-order valence-electron chi connectivity index (χ1n) is 4.56. The van der Waals surface area contributed by atoms with Gasteiger partial charge in [-0.15, -0.1) is 4.99 Å². The fourth-order valence-corrected chi connectivity index (χ4v) is 0.920. The molecule has 0 saturated carbocycles. The van der Waals surface area contributed by atoms with Gasteiger partial charge in [-0.1, -0.05) is 12.2 Å². The number of hydrogen-bond donors (Lipinski definition) is 0. The average molecular weight is 197 g/mol. The number of carbonyl (C=O) groups excluding carboxylic acids is 1. The van der Waals surface area contributed by atoms with Crippen LogP contribution in [0.25, 0.3) is 0 Å². The summed E-state index contributed by atoms with van der Waals surface area (Å²) in [4.78, 5) is 14.9. The molecule has 0 aromatic carbocycles. The molecular formula is C10H15NO3. The van der Waals surface area contributed by atoms with E-state index >= 15 is 0 Å². The number of hydrogen-bond acceptors (Lipinski definition) is 3. The van der Waals surface area contributed by atoms with Gasteiger partial charge in [0.15, 0.2) is 5.90 Å². The van der Waals surface area contributed by atoms with E-state index in [0.29, 0.717) is 18.9 Å². The van der Waals surface area contributed by atoms with Crippen molar-refractivity contribution in [2.45, 2.75) is 32.8 Å². The molecule has 0 unspecified atom stereocenters. The molecule has 14 heavy (non-hydrogen) atoms. The summed E-state index contributed by atoms with van der Waals surface area (Å²) in [6.45, 7) is 5.87. The van der Waals surface area contributed by atoms with E-state index in [0.717, 1.165) is 0 Å². The first kappa shape index (κ1) is 10.8. The van der Waals surface area contributed by atoms with E-state index in [-0.39, 0.29) is 0 Å². The molecule has 4 heteroatoms. The molecule has 4 nitrogen and oxygen atoms in total. The van der Waals surface area contributed by atoms with Gasteiger partial charge in [0.1, 0.15) is 12.2 Å². The molecule has 0 spiro atoms. The fourth-order valence-electron chi connectivity index (χ4n) is 0.920. The Morgan fingerprint density at radius 3 is 2.71 bits per heavy atom. The van der Waals surface area contributed by atoms with E-state index < -0.39 is 11.7 Å². The monoisotopic (exact) mass is 197 g/mol. The zero-order chi connectivity index (χ0) is 10.6. The number of aliphatic imine (C=N–C) groups is 1. The molecule has 0 radical (unpaired) electrons. The minimum absolute atomic E-state index is 0.418. The second-order valence-corrected chi connectivity index (χ2v) is 3.97. The van der Waals surface area contributed by atoms with Crippen molar-refractivity contribution in [1.82, 2.24) is 0 Å². The summed E-state index contributed by atoms with van der Waals surface area (Å²) in [5.41, 5.74) is -0.508. The van der Waals surface area contributed by atoms with Crippen LogP contribution in [-0.2, 0) is 9.47 Å². The molecule has 1 rings (SSSR count). The predicted octanol–water partition coefficient (Wildman–Crippen LogP) is 2.30. The van der Waals surface area contributed by atoms with Gasteiger partial charge in [0.25, 0.3) is 0 Å². The number of rotatable bonds is 0. The van der Waals surface area contributed by atoms with Crippen LogP contribution in [0.2, 0.25) is 0 Å². The molecule has 0 aromatic heterocycles. The minimum atomic E-state index is -0.595. The highest BCUT2D eigenvalue weighted by atomic mass is 16.6. The van der Waals surface area contributed by atoms with E-state index in [1.165, 1.54) is 0 Å². The number of nitrogens with zero attached hydrogens (tertiary/aromatic N) is 1. The summed E-state index contributed by atoms with van der Waals surface area (Å²) >= 11 is 0. The van der Waals surface area contributed by atoms with Crippen molar-refractivity contribution in [1.29, 1.82) is 0 Å². The molecule has 0 fully saturated rings. The maximum Gasteiger partial charge on any atom is 0.437 e. The lowest BCUT2D eigenvalue weighted by atomic mass is 10.2. The Kier molecular flexibility index (Phi) is 3.28. The van der Waals surface area contributed by atoms with E-state index in [9.17, 15) is 4.79 Å². The van der Waals surface area contributed by atoms with Crippen molar-refractivity contribution in [2.24, 2.45) is 4.99 Å². The van der Waals surface area contributed by atoms with Crippen LogP contribution in [-0.4, -0.2) is 24.2 Å². The average Bonchev–Trinajstić information content (AvgIpc) is 2.02. The quantitative estimate of drug-likeness (QED) is 0.560. The van der Waals surface area contributed by atoms with Crippen LogP contribution in [0.4, 0.5) is 4.79 Å². The Labute approximate surface area is 83.6 Å². The van der Waals surface area contributed by atoms with Gasteiger partial charge in [0, 0.05) is 6.42 Å². The molecule has 1 amide bonds. The normalized spacial score (nSPS) is 19.2. The van der Waals surface area contributed by atoms with Gasteiger partial charge in [0.2, 0.25) is 0 Å². The zero-order valence-electron chi connectivity index (χ0n) is 8.74. The van der Waals surface area contributed by atoms with Crippen molar-refractivity contribution in [3.8, 4) is 0 Å². The number of amides is 1. The van der Waals surface area contributed by atoms with Crippen molar-refractivity contribution in [3.63, 3.8) is 0 Å². The third-order valence-electron chi connectivity index (χ3n) is 1.41. The van der Waals surface area contributed by atoms with Gasteiger partial charge in [-0.2, -0.15) is 0 Å². The maximum atomic E-state index is 11.2. The number of ether oxygens (including phenoxy) is 2. The lowest BCUT2D eigenvalue weighted by Gasteiger charge is -2.18. The Morgan fingerprint density at radius 2 is 2.21 bits per heavy atom. The summed E-state index contributed by atoms with van der Waals surface area (Å²) in [6.07, 6.45) is 3.75. The topological polar surface area (TPSA) is 47.9 Å². The van der Waals surface area contributed by atoms with Crippen LogP contribution in [0.1, 0.15) is 27.2 Å². The second-order valence-electron chi connectivity index (χ2n) is 3.97. The molecule has 0 aromatic rings. The summed E-state index contributed by atoms with van der Waals surface area (Å²) in [5.74, 6) is 0.418. The van der Waals surface area contributed by atoms with Crippen LogP contribution < -0.4 is 0 Å². The predicted molar refractivity (Wildman–Crippen MR) is 53.4 cm³/mol. The van der Waals surface area contributed by atoms with Crippen molar-refractivity contribution in [2.75, 3.05) is 6.61 Å². The molecule has 1 aliphatic rings. The standard InChI is InChI=1S/C10H15NO3/c1-10(2,3)14-9(12)11-8-6-4-5-7-13-8/h4-5H,6-7H2,1-3H3. The smallest absolute Gasteiger partial charge is 0.437 e. The molecule has 0 atom stereocenters. The first-order valence-corrected chi connectivity index (χ1v) is 4.56. The van der Waals surface area contributed by atoms with Gasteiger partial charge in [-0.05, 0) is 20.8 Å². The van der Waals surface area contributed by atoms with Crippen molar-refractivity contribution in [3.05, 3.63) is 12.2 Å². The van der Waals surface area contributed by atoms with Crippen LogP contribution in [0.3, 0.4) is 0 Å². The molecule has 1 aliphatic heterocycles. The molecule has 78 valence electrons. The van der Waals surface area contributed by atoms with Gasteiger partial charge >= 0.3 is 6.09 Å². The highest BCUT2D eigenvalue weighted by molar-refractivity contribution is 5.89. The summed E-state index contributed by atoms with van der Waals surface area (Å²) in [5, 5.41) is 0. The molecule has 0 N–H and O–H groups in total. The maximum absolute atomic E-state index is 11.2. The van der Waals surface area contributed by atoms with Crippen LogP contribution in [0, 0.1) is 0 Å². The third-order valence-corrected chi connectivity index (χ3v) is 1.41. The van der Waals surface area contributed by atoms with E-state index in [2.05, 4.69) is 4.99 Å². The second kappa shape index (κ2) is 4.26. The molecule has 0 aliphatic carbocycles. The largest absolute Gasteiger partial charge is 0.476 e. The SMILES string of the molecule is CC(C)(C)OC(=O)N=C1CC=CCO1. The lowest BCUT2D eigenvalue weighted by Crippen LogP contribution is -2.23. The molecular weight excluding hydrogens is 182 g/mol. The van der Waals surface area contributed by atoms with E-state index in [1.54, 1.807) is 20.8 Å². The van der Waals surface area contributed by atoms with Crippen LogP contribution in [0.5, 0.6) is 0 Å².